The summed E-state index contributed by atoms with van der Waals surface area (Å²) in [5.74, 6) is 0. The predicted octanol–water partition coefficient (Wildman–Crippen LogP) is 2.10. The Balaban J connectivity index is 1.93. The minimum absolute atomic E-state index is 0.197. The van der Waals surface area contributed by atoms with E-state index in [2.05, 4.69) is 6.92 Å². The van der Waals surface area contributed by atoms with Crippen LogP contribution in [-0.2, 0) is 0 Å². The molecule has 0 aromatic heterocycles. The van der Waals surface area contributed by atoms with Gasteiger partial charge in [0.05, 0.1) is 0 Å². The van der Waals surface area contributed by atoms with Gasteiger partial charge in [-0.1, -0.05) is 0 Å². The summed E-state index contributed by atoms with van der Waals surface area (Å²) in [6, 6.07) is 0. The second-order valence-electron chi connectivity index (χ2n) is 2.19. The summed E-state index contributed by atoms with van der Waals surface area (Å²) in [5.41, 5.74) is 0. The van der Waals surface area contributed by atoms with Gasteiger partial charge in [0.2, 0.25) is 0 Å². The molecular formula is C6H12Sn. The van der Waals surface area contributed by atoms with Crippen LogP contribution in [0.25, 0.3) is 0 Å². The molecule has 0 nitrogen and oxygen atoms in total. The van der Waals surface area contributed by atoms with E-state index in [1.165, 1.54) is 3.93 Å². The Morgan fingerprint density at radius 3 is 2.43 bits per heavy atom. The Kier molecular flexibility index (Phi) is 2.50. The Hall–Kier alpha value is 0.799. The SMILES string of the molecule is C[CH2][Sn][CH]1CCC1. The fourth-order valence-electron chi connectivity index (χ4n) is 0.901. The molecule has 0 aromatic rings. The fourth-order valence-corrected chi connectivity index (χ4v) is 4.88. The van der Waals surface area contributed by atoms with Crippen LogP contribution in [0.5, 0.6) is 0 Å². The second-order valence-corrected chi connectivity index (χ2v) is 7.70. The molecule has 7 heavy (non-hydrogen) atoms. The predicted molar refractivity (Wildman–Crippen MR) is 33.8 cm³/mol. The molecule has 1 saturated carbocycles. The van der Waals surface area contributed by atoms with Gasteiger partial charge in [-0.3, -0.25) is 0 Å². The van der Waals surface area contributed by atoms with E-state index in [-0.39, 0.29) is 21.1 Å². The number of rotatable bonds is 2. The summed E-state index contributed by atoms with van der Waals surface area (Å²) < 4.78 is 2.86. The van der Waals surface area contributed by atoms with Gasteiger partial charge in [-0.05, 0) is 0 Å². The summed E-state index contributed by atoms with van der Waals surface area (Å²) >= 11 is 0.197. The third kappa shape index (κ3) is 1.63. The van der Waals surface area contributed by atoms with Crippen LogP contribution in [0.15, 0.2) is 0 Å². The van der Waals surface area contributed by atoms with Crippen molar-refractivity contribution in [2.24, 2.45) is 0 Å². The number of hydrogen-bond donors (Lipinski definition) is 0. The topological polar surface area (TPSA) is 0 Å². The van der Waals surface area contributed by atoms with Crippen molar-refractivity contribution in [1.82, 2.24) is 0 Å². The molecule has 1 aliphatic rings. The first-order valence-electron chi connectivity index (χ1n) is 3.17. The van der Waals surface area contributed by atoms with Gasteiger partial charge >= 0.3 is 55.7 Å². The van der Waals surface area contributed by atoms with Crippen LogP contribution in [0, 0.1) is 0 Å². The monoisotopic (exact) mass is 204 g/mol. The van der Waals surface area contributed by atoms with Crippen LogP contribution in [0.4, 0.5) is 0 Å². The van der Waals surface area contributed by atoms with Crippen LogP contribution in [0.1, 0.15) is 26.2 Å². The standard InChI is InChI=1S/C4H7.C2H5.Sn/c1-2-4-3-1;1-2;/h1H,2-4H2;1H2,2H3;. The van der Waals surface area contributed by atoms with Crippen molar-refractivity contribution in [1.29, 1.82) is 0 Å². The molecule has 0 bridgehead atoms. The summed E-state index contributed by atoms with van der Waals surface area (Å²) in [6.45, 7) is 2.35. The van der Waals surface area contributed by atoms with Crippen LogP contribution in [0.2, 0.25) is 8.37 Å². The fraction of sp³-hybridized carbons (Fsp3) is 1.00. The molecule has 0 aromatic carbocycles. The molecule has 0 unspecified atom stereocenters. The molecule has 2 radical (unpaired) electrons. The summed E-state index contributed by atoms with van der Waals surface area (Å²) in [6.07, 6.45) is 4.74. The average molecular weight is 203 g/mol. The van der Waals surface area contributed by atoms with Crippen molar-refractivity contribution >= 4 is 21.1 Å². The average Bonchev–Trinajstić information content (AvgIpc) is 1.55. The van der Waals surface area contributed by atoms with E-state index in [1.807, 2.05) is 0 Å². The summed E-state index contributed by atoms with van der Waals surface area (Å²) in [4.78, 5) is 0. The van der Waals surface area contributed by atoms with Crippen molar-refractivity contribution in [3.05, 3.63) is 0 Å². The first-order valence-corrected chi connectivity index (χ1v) is 6.83. The van der Waals surface area contributed by atoms with E-state index in [1.54, 1.807) is 23.7 Å². The van der Waals surface area contributed by atoms with E-state index in [0.717, 1.165) is 0 Å². The maximum absolute atomic E-state index is 2.35. The van der Waals surface area contributed by atoms with Crippen molar-refractivity contribution < 1.29 is 0 Å². The van der Waals surface area contributed by atoms with E-state index in [0.29, 0.717) is 0 Å². The van der Waals surface area contributed by atoms with Gasteiger partial charge in [0.1, 0.15) is 0 Å². The molecule has 0 aliphatic heterocycles. The molecule has 1 aliphatic carbocycles. The van der Waals surface area contributed by atoms with Gasteiger partial charge in [-0.15, -0.1) is 0 Å². The van der Waals surface area contributed by atoms with Gasteiger partial charge in [0, 0.05) is 0 Å². The molecule has 0 N–H and O–H groups in total. The quantitative estimate of drug-likeness (QED) is 0.602. The van der Waals surface area contributed by atoms with Crippen molar-refractivity contribution in [2.75, 3.05) is 0 Å². The summed E-state index contributed by atoms with van der Waals surface area (Å²) in [5, 5.41) is 0. The Morgan fingerprint density at radius 1 is 1.57 bits per heavy atom. The first kappa shape index (κ1) is 5.93. The Bertz CT molecular complexity index is 48.1. The van der Waals surface area contributed by atoms with Gasteiger partial charge in [0.25, 0.3) is 0 Å². The van der Waals surface area contributed by atoms with Crippen molar-refractivity contribution in [3.63, 3.8) is 0 Å². The van der Waals surface area contributed by atoms with Gasteiger partial charge in [0.15, 0.2) is 0 Å². The zero-order chi connectivity index (χ0) is 5.11. The molecule has 40 valence electrons. The van der Waals surface area contributed by atoms with Gasteiger partial charge in [-0.25, -0.2) is 0 Å². The molecule has 1 heteroatoms. The minimum atomic E-state index is 0.197. The molecule has 0 saturated heterocycles. The molecule has 1 rings (SSSR count). The summed E-state index contributed by atoms with van der Waals surface area (Å²) in [7, 11) is 0. The van der Waals surface area contributed by atoms with Crippen LogP contribution >= 0.6 is 0 Å². The van der Waals surface area contributed by atoms with Crippen LogP contribution < -0.4 is 0 Å². The van der Waals surface area contributed by atoms with Crippen molar-refractivity contribution in [3.8, 4) is 0 Å². The zero-order valence-corrected chi connectivity index (χ0v) is 7.76. The second kappa shape index (κ2) is 2.95. The Morgan fingerprint density at radius 2 is 2.29 bits per heavy atom. The maximum atomic E-state index is 2.35. The molecule has 0 heterocycles. The van der Waals surface area contributed by atoms with E-state index >= 15 is 0 Å². The zero-order valence-electron chi connectivity index (χ0n) is 4.91. The van der Waals surface area contributed by atoms with Gasteiger partial charge in [-0.2, -0.15) is 0 Å². The normalized spacial score (nSPS) is 21.9. The van der Waals surface area contributed by atoms with E-state index < -0.39 is 0 Å². The molecular weight excluding hydrogens is 191 g/mol. The van der Waals surface area contributed by atoms with E-state index in [4.69, 9.17) is 0 Å². The first-order chi connectivity index (χ1) is 3.43. The van der Waals surface area contributed by atoms with Crippen LogP contribution in [-0.4, -0.2) is 21.1 Å². The number of hydrogen-bond acceptors (Lipinski definition) is 0. The van der Waals surface area contributed by atoms with E-state index in [9.17, 15) is 0 Å². The molecule has 1 fully saturated rings. The van der Waals surface area contributed by atoms with Crippen LogP contribution in [0.3, 0.4) is 0 Å². The molecule has 0 amide bonds. The van der Waals surface area contributed by atoms with Crippen molar-refractivity contribution in [2.45, 2.75) is 34.6 Å². The Labute approximate surface area is 55.9 Å². The molecule has 0 spiro atoms. The third-order valence-electron chi connectivity index (χ3n) is 1.60. The third-order valence-corrected chi connectivity index (χ3v) is 6.06. The molecule has 0 atom stereocenters. The van der Waals surface area contributed by atoms with Gasteiger partial charge < -0.3 is 0 Å².